The summed E-state index contributed by atoms with van der Waals surface area (Å²) in [6, 6.07) is 9.18. The SMILES string of the molecule is CCCCC[C@@H]1C(OC(=O)C(C)(C)C)=C[C@H](CCC)[C@@H]2C(=O)N(c3ccccc3)C(=O)[C@@H]21. The second-order valence-electron chi connectivity index (χ2n) is 10.2. The van der Waals surface area contributed by atoms with Gasteiger partial charge in [0.05, 0.1) is 22.9 Å². The Balaban J connectivity index is 2.03. The Kier molecular flexibility index (Phi) is 7.58. The summed E-state index contributed by atoms with van der Waals surface area (Å²) in [5.74, 6) is -1.23. The van der Waals surface area contributed by atoms with E-state index < -0.39 is 17.3 Å². The topological polar surface area (TPSA) is 63.7 Å². The van der Waals surface area contributed by atoms with E-state index in [-0.39, 0.29) is 29.6 Å². The molecule has 1 aliphatic carbocycles. The Morgan fingerprint density at radius 3 is 2.19 bits per heavy atom. The standard InChI is InChI=1S/C27H37NO4/c1-6-8-10-16-20-21(32-26(31)27(3,4)5)17-18(13-7-2)22-23(20)25(30)28(24(22)29)19-14-11-9-12-15-19/h9,11-12,14-15,17-18,20,22-23H,6-8,10,13,16H2,1-5H3/t18-,20+,22-,23+/m0/s1. The zero-order chi connectivity index (χ0) is 23.5. The first-order chi connectivity index (χ1) is 15.2. The van der Waals surface area contributed by atoms with Crippen LogP contribution in [0.15, 0.2) is 42.2 Å². The summed E-state index contributed by atoms with van der Waals surface area (Å²) in [4.78, 5) is 41.4. The number of unbranched alkanes of at least 4 members (excludes halogenated alkanes) is 2. The number of rotatable bonds is 8. The summed E-state index contributed by atoms with van der Waals surface area (Å²) in [5.41, 5.74) is -0.0231. The predicted octanol–water partition coefficient (Wildman–Crippen LogP) is 5.89. The van der Waals surface area contributed by atoms with Gasteiger partial charge in [-0.15, -0.1) is 0 Å². The van der Waals surface area contributed by atoms with E-state index in [0.717, 1.165) is 38.5 Å². The third-order valence-corrected chi connectivity index (χ3v) is 6.61. The lowest BCUT2D eigenvalue weighted by Crippen LogP contribution is -2.38. The van der Waals surface area contributed by atoms with Crippen LogP contribution in [0.2, 0.25) is 0 Å². The van der Waals surface area contributed by atoms with Crippen molar-refractivity contribution < 1.29 is 19.1 Å². The van der Waals surface area contributed by atoms with Crippen LogP contribution in [0.1, 0.15) is 73.1 Å². The van der Waals surface area contributed by atoms with Gasteiger partial charge in [-0.25, -0.2) is 0 Å². The molecule has 0 N–H and O–H groups in total. The zero-order valence-electron chi connectivity index (χ0n) is 20.1. The highest BCUT2D eigenvalue weighted by molar-refractivity contribution is 6.22. The molecule has 0 bridgehead atoms. The van der Waals surface area contributed by atoms with Crippen LogP contribution in [0.25, 0.3) is 0 Å². The van der Waals surface area contributed by atoms with E-state index in [9.17, 15) is 14.4 Å². The lowest BCUT2D eigenvalue weighted by Gasteiger charge is -2.36. The molecule has 2 amide bonds. The maximum absolute atomic E-state index is 13.7. The molecular weight excluding hydrogens is 402 g/mol. The van der Waals surface area contributed by atoms with Crippen molar-refractivity contribution in [3.05, 3.63) is 42.2 Å². The number of hydrogen-bond donors (Lipinski definition) is 0. The number of ether oxygens (including phenoxy) is 1. The quantitative estimate of drug-likeness (QED) is 0.288. The molecule has 1 aromatic rings. The number of carbonyl (C=O) groups excluding carboxylic acids is 3. The van der Waals surface area contributed by atoms with E-state index in [2.05, 4.69) is 13.8 Å². The highest BCUT2D eigenvalue weighted by atomic mass is 16.5. The van der Waals surface area contributed by atoms with Crippen LogP contribution in [-0.4, -0.2) is 17.8 Å². The fourth-order valence-corrected chi connectivity index (χ4v) is 4.93. The van der Waals surface area contributed by atoms with E-state index in [4.69, 9.17) is 4.74 Å². The molecule has 1 heterocycles. The fraction of sp³-hybridized carbons (Fsp3) is 0.593. The summed E-state index contributed by atoms with van der Waals surface area (Å²) >= 11 is 0. The van der Waals surface area contributed by atoms with Gasteiger partial charge in [-0.3, -0.25) is 19.3 Å². The predicted molar refractivity (Wildman–Crippen MR) is 126 cm³/mol. The molecule has 1 saturated heterocycles. The Morgan fingerprint density at radius 1 is 0.938 bits per heavy atom. The maximum atomic E-state index is 13.7. The van der Waals surface area contributed by atoms with Gasteiger partial charge < -0.3 is 4.74 Å². The van der Waals surface area contributed by atoms with E-state index in [1.807, 2.05) is 57.2 Å². The maximum Gasteiger partial charge on any atom is 0.316 e. The molecule has 0 saturated carbocycles. The van der Waals surface area contributed by atoms with Gasteiger partial charge in [0.25, 0.3) is 0 Å². The van der Waals surface area contributed by atoms with Crippen LogP contribution in [0.3, 0.4) is 0 Å². The number of allylic oxidation sites excluding steroid dienone is 2. The highest BCUT2D eigenvalue weighted by Gasteiger charge is 2.57. The van der Waals surface area contributed by atoms with Crippen molar-refractivity contribution in [3.8, 4) is 0 Å². The first kappa shape index (κ1) is 24.2. The van der Waals surface area contributed by atoms with Crippen LogP contribution >= 0.6 is 0 Å². The average molecular weight is 440 g/mol. The Morgan fingerprint density at radius 2 is 1.59 bits per heavy atom. The molecule has 2 aliphatic rings. The molecule has 0 spiro atoms. The second kappa shape index (κ2) is 10.0. The molecule has 0 unspecified atom stereocenters. The molecule has 1 aliphatic heterocycles. The van der Waals surface area contributed by atoms with Gasteiger partial charge in [-0.05, 0) is 57.7 Å². The van der Waals surface area contributed by atoms with E-state index in [0.29, 0.717) is 11.4 Å². The number of imide groups is 1. The number of nitrogens with zero attached hydrogens (tertiary/aromatic N) is 1. The number of amides is 2. The highest BCUT2D eigenvalue weighted by Crippen LogP contribution is 2.49. The summed E-state index contributed by atoms with van der Waals surface area (Å²) in [5, 5.41) is 0. The van der Waals surface area contributed by atoms with Gasteiger partial charge >= 0.3 is 5.97 Å². The number of carbonyl (C=O) groups is 3. The van der Waals surface area contributed by atoms with Crippen molar-refractivity contribution in [2.75, 3.05) is 4.90 Å². The lowest BCUT2D eigenvalue weighted by atomic mass is 9.68. The van der Waals surface area contributed by atoms with Crippen molar-refractivity contribution in [2.45, 2.75) is 73.1 Å². The summed E-state index contributed by atoms with van der Waals surface area (Å²) < 4.78 is 5.95. The van der Waals surface area contributed by atoms with Crippen molar-refractivity contribution in [1.29, 1.82) is 0 Å². The van der Waals surface area contributed by atoms with Gasteiger partial charge in [0.15, 0.2) is 0 Å². The van der Waals surface area contributed by atoms with Gasteiger partial charge in [0.2, 0.25) is 11.8 Å². The van der Waals surface area contributed by atoms with Crippen LogP contribution in [-0.2, 0) is 19.1 Å². The molecule has 5 heteroatoms. The van der Waals surface area contributed by atoms with Gasteiger partial charge in [0, 0.05) is 5.92 Å². The first-order valence-corrected chi connectivity index (χ1v) is 12.1. The number of benzene rings is 1. The minimum absolute atomic E-state index is 0.111. The first-order valence-electron chi connectivity index (χ1n) is 12.1. The van der Waals surface area contributed by atoms with E-state index in [1.165, 1.54) is 4.90 Å². The minimum Gasteiger partial charge on any atom is -0.431 e. The van der Waals surface area contributed by atoms with Crippen molar-refractivity contribution in [2.24, 2.45) is 29.1 Å². The number of fused-ring (bicyclic) bond motifs is 1. The number of esters is 1. The smallest absolute Gasteiger partial charge is 0.316 e. The molecule has 174 valence electrons. The normalized spacial score (nSPS) is 25.5. The lowest BCUT2D eigenvalue weighted by molar-refractivity contribution is -0.151. The van der Waals surface area contributed by atoms with Crippen LogP contribution in [0.4, 0.5) is 5.69 Å². The molecule has 1 fully saturated rings. The van der Waals surface area contributed by atoms with Gasteiger partial charge in [-0.1, -0.05) is 57.7 Å². The average Bonchev–Trinajstić information content (AvgIpc) is 3.01. The Hall–Kier alpha value is -2.43. The summed E-state index contributed by atoms with van der Waals surface area (Å²) in [6.45, 7) is 9.71. The monoisotopic (exact) mass is 439 g/mol. The number of para-hydroxylation sites is 1. The third-order valence-electron chi connectivity index (χ3n) is 6.61. The fourth-order valence-electron chi connectivity index (χ4n) is 4.93. The van der Waals surface area contributed by atoms with Crippen molar-refractivity contribution in [3.63, 3.8) is 0 Å². The van der Waals surface area contributed by atoms with Crippen LogP contribution < -0.4 is 4.90 Å². The third kappa shape index (κ3) is 4.82. The van der Waals surface area contributed by atoms with Crippen molar-refractivity contribution >= 4 is 23.5 Å². The van der Waals surface area contributed by atoms with Crippen LogP contribution in [0, 0.1) is 29.1 Å². The molecule has 3 rings (SSSR count). The largest absolute Gasteiger partial charge is 0.431 e. The molecule has 4 atom stereocenters. The van der Waals surface area contributed by atoms with Gasteiger partial charge in [0.1, 0.15) is 5.76 Å². The molecule has 32 heavy (non-hydrogen) atoms. The summed E-state index contributed by atoms with van der Waals surface area (Å²) in [7, 11) is 0. The molecular formula is C27H37NO4. The second-order valence-corrected chi connectivity index (χ2v) is 10.2. The Labute approximate surface area is 192 Å². The molecule has 1 aromatic carbocycles. The zero-order valence-corrected chi connectivity index (χ0v) is 20.1. The van der Waals surface area contributed by atoms with E-state index in [1.54, 1.807) is 0 Å². The van der Waals surface area contributed by atoms with Gasteiger partial charge in [-0.2, -0.15) is 0 Å². The van der Waals surface area contributed by atoms with Crippen LogP contribution in [0.5, 0.6) is 0 Å². The van der Waals surface area contributed by atoms with E-state index >= 15 is 0 Å². The molecule has 0 radical (unpaired) electrons. The number of hydrogen-bond acceptors (Lipinski definition) is 4. The molecule has 5 nitrogen and oxygen atoms in total. The Bertz CT molecular complexity index is 867. The molecule has 0 aromatic heterocycles. The van der Waals surface area contributed by atoms with Crippen molar-refractivity contribution in [1.82, 2.24) is 0 Å². The minimum atomic E-state index is -0.641. The summed E-state index contributed by atoms with van der Waals surface area (Å²) in [6.07, 6.45) is 7.42. The number of anilines is 1.